The SMILES string of the molecule is O=C(C1CCS(=O)(=O)C1)C1CCCO1. The van der Waals surface area contributed by atoms with Crippen molar-refractivity contribution in [3.8, 4) is 0 Å². The number of sulfone groups is 1. The normalized spacial score (nSPS) is 36.0. The summed E-state index contributed by atoms with van der Waals surface area (Å²) in [6.07, 6.45) is 1.83. The van der Waals surface area contributed by atoms with Crippen molar-refractivity contribution < 1.29 is 17.9 Å². The summed E-state index contributed by atoms with van der Waals surface area (Å²) in [6.45, 7) is 0.635. The first-order valence-corrected chi connectivity index (χ1v) is 6.76. The first-order chi connectivity index (χ1) is 6.58. The van der Waals surface area contributed by atoms with Crippen LogP contribution in [0.25, 0.3) is 0 Å². The molecule has 2 unspecified atom stereocenters. The second kappa shape index (κ2) is 3.62. The molecular formula is C9H14O4S. The van der Waals surface area contributed by atoms with Crippen LogP contribution >= 0.6 is 0 Å². The molecule has 0 saturated carbocycles. The van der Waals surface area contributed by atoms with E-state index in [0.717, 1.165) is 12.8 Å². The number of ether oxygens (including phenoxy) is 1. The topological polar surface area (TPSA) is 60.4 Å². The van der Waals surface area contributed by atoms with Gasteiger partial charge in [0.15, 0.2) is 15.6 Å². The maximum atomic E-state index is 11.7. The van der Waals surface area contributed by atoms with Crippen molar-refractivity contribution >= 4 is 15.6 Å². The van der Waals surface area contributed by atoms with Crippen molar-refractivity contribution in [2.45, 2.75) is 25.4 Å². The van der Waals surface area contributed by atoms with E-state index in [9.17, 15) is 13.2 Å². The van der Waals surface area contributed by atoms with E-state index in [0.29, 0.717) is 13.0 Å². The quantitative estimate of drug-likeness (QED) is 0.663. The minimum atomic E-state index is -2.95. The number of carbonyl (C=O) groups is 1. The zero-order valence-corrected chi connectivity index (χ0v) is 8.76. The molecular weight excluding hydrogens is 204 g/mol. The summed E-state index contributed by atoms with van der Waals surface area (Å²) in [6, 6.07) is 0. The smallest absolute Gasteiger partial charge is 0.165 e. The van der Waals surface area contributed by atoms with E-state index in [1.54, 1.807) is 0 Å². The average Bonchev–Trinajstić information content (AvgIpc) is 2.72. The van der Waals surface area contributed by atoms with Crippen LogP contribution in [0.5, 0.6) is 0 Å². The molecule has 0 aromatic carbocycles. The molecule has 2 aliphatic heterocycles. The Morgan fingerprint density at radius 1 is 1.29 bits per heavy atom. The lowest BCUT2D eigenvalue weighted by molar-refractivity contribution is -0.131. The second-order valence-corrected chi connectivity index (χ2v) is 6.23. The minimum Gasteiger partial charge on any atom is -0.370 e. The largest absolute Gasteiger partial charge is 0.370 e. The van der Waals surface area contributed by atoms with E-state index in [2.05, 4.69) is 0 Å². The van der Waals surface area contributed by atoms with Gasteiger partial charge in [-0.05, 0) is 19.3 Å². The zero-order valence-electron chi connectivity index (χ0n) is 7.94. The summed E-state index contributed by atoms with van der Waals surface area (Å²) < 4.78 is 27.6. The third kappa shape index (κ3) is 1.98. The fourth-order valence-corrected chi connectivity index (χ4v) is 3.84. The fraction of sp³-hybridized carbons (Fsp3) is 0.889. The van der Waals surface area contributed by atoms with Gasteiger partial charge in [0, 0.05) is 12.5 Å². The van der Waals surface area contributed by atoms with Crippen molar-refractivity contribution in [3.63, 3.8) is 0 Å². The van der Waals surface area contributed by atoms with Crippen LogP contribution in [0.1, 0.15) is 19.3 Å². The Bertz CT molecular complexity index is 327. The van der Waals surface area contributed by atoms with Gasteiger partial charge in [-0.2, -0.15) is 0 Å². The van der Waals surface area contributed by atoms with Gasteiger partial charge in [0.05, 0.1) is 11.5 Å². The molecule has 2 saturated heterocycles. The summed E-state index contributed by atoms with van der Waals surface area (Å²) in [5, 5.41) is 0. The molecule has 2 aliphatic rings. The van der Waals surface area contributed by atoms with Crippen LogP contribution in [0.2, 0.25) is 0 Å². The predicted octanol–water partition coefficient (Wildman–Crippen LogP) is 0.169. The highest BCUT2D eigenvalue weighted by molar-refractivity contribution is 7.91. The highest BCUT2D eigenvalue weighted by Crippen LogP contribution is 2.24. The molecule has 14 heavy (non-hydrogen) atoms. The third-order valence-electron chi connectivity index (χ3n) is 2.88. The average molecular weight is 218 g/mol. The number of ketones is 1. The lowest BCUT2D eigenvalue weighted by atomic mass is 9.98. The van der Waals surface area contributed by atoms with Gasteiger partial charge in [0.1, 0.15) is 6.10 Å². The van der Waals surface area contributed by atoms with Crippen molar-refractivity contribution in [1.82, 2.24) is 0 Å². The zero-order chi connectivity index (χ0) is 10.2. The van der Waals surface area contributed by atoms with Crippen LogP contribution < -0.4 is 0 Å². The van der Waals surface area contributed by atoms with E-state index >= 15 is 0 Å². The van der Waals surface area contributed by atoms with E-state index in [-0.39, 0.29) is 29.3 Å². The summed E-state index contributed by atoms with van der Waals surface area (Å²) in [7, 11) is -2.95. The van der Waals surface area contributed by atoms with Gasteiger partial charge < -0.3 is 4.74 Å². The van der Waals surface area contributed by atoms with Crippen LogP contribution in [0, 0.1) is 5.92 Å². The molecule has 0 bridgehead atoms. The number of rotatable bonds is 2. The Labute approximate surface area is 83.5 Å². The van der Waals surface area contributed by atoms with E-state index < -0.39 is 9.84 Å². The highest BCUT2D eigenvalue weighted by Gasteiger charge is 2.37. The third-order valence-corrected chi connectivity index (χ3v) is 4.65. The lowest BCUT2D eigenvalue weighted by Gasteiger charge is -2.12. The van der Waals surface area contributed by atoms with Gasteiger partial charge in [-0.3, -0.25) is 4.79 Å². The maximum absolute atomic E-state index is 11.7. The molecule has 0 aromatic heterocycles. The van der Waals surface area contributed by atoms with Crippen molar-refractivity contribution in [2.24, 2.45) is 5.92 Å². The monoisotopic (exact) mass is 218 g/mol. The molecule has 5 heteroatoms. The summed E-state index contributed by atoms with van der Waals surface area (Å²) in [5.74, 6) is -0.103. The van der Waals surface area contributed by atoms with Crippen LogP contribution in [0.15, 0.2) is 0 Å². The standard InChI is InChI=1S/C9H14O4S/c10-9(8-2-1-4-13-8)7-3-5-14(11,12)6-7/h7-8H,1-6H2. The molecule has 0 spiro atoms. The van der Waals surface area contributed by atoms with Crippen LogP contribution in [0.4, 0.5) is 0 Å². The molecule has 0 amide bonds. The predicted molar refractivity (Wildman–Crippen MR) is 50.7 cm³/mol. The fourth-order valence-electron chi connectivity index (χ4n) is 2.08. The summed E-state index contributed by atoms with van der Waals surface area (Å²) >= 11 is 0. The van der Waals surface area contributed by atoms with Crippen molar-refractivity contribution in [2.75, 3.05) is 18.1 Å². The maximum Gasteiger partial charge on any atom is 0.165 e. The molecule has 4 nitrogen and oxygen atoms in total. The van der Waals surface area contributed by atoms with Gasteiger partial charge in [-0.15, -0.1) is 0 Å². The molecule has 2 atom stereocenters. The van der Waals surface area contributed by atoms with E-state index in [4.69, 9.17) is 4.74 Å². The van der Waals surface area contributed by atoms with Crippen LogP contribution in [-0.2, 0) is 19.4 Å². The van der Waals surface area contributed by atoms with Gasteiger partial charge >= 0.3 is 0 Å². The Hall–Kier alpha value is -0.420. The van der Waals surface area contributed by atoms with Crippen molar-refractivity contribution in [3.05, 3.63) is 0 Å². The summed E-state index contributed by atoms with van der Waals surface area (Å²) in [5.41, 5.74) is 0. The van der Waals surface area contributed by atoms with Crippen LogP contribution in [0.3, 0.4) is 0 Å². The molecule has 2 heterocycles. The Morgan fingerprint density at radius 2 is 2.07 bits per heavy atom. The minimum absolute atomic E-state index is 0.00331. The number of carbonyl (C=O) groups excluding carboxylic acids is 1. The molecule has 2 fully saturated rings. The number of hydrogen-bond acceptors (Lipinski definition) is 4. The highest BCUT2D eigenvalue weighted by atomic mass is 32.2. The molecule has 2 rings (SSSR count). The van der Waals surface area contributed by atoms with E-state index in [1.807, 2.05) is 0 Å². The molecule has 0 aliphatic carbocycles. The molecule has 0 radical (unpaired) electrons. The number of Topliss-reactive ketones (excluding diaryl/α,β-unsaturated/α-hetero) is 1. The Morgan fingerprint density at radius 3 is 2.57 bits per heavy atom. The molecule has 0 aromatic rings. The van der Waals surface area contributed by atoms with Gasteiger partial charge in [-0.25, -0.2) is 8.42 Å². The van der Waals surface area contributed by atoms with Gasteiger partial charge in [0.2, 0.25) is 0 Å². The molecule has 80 valence electrons. The lowest BCUT2D eigenvalue weighted by Crippen LogP contribution is -2.28. The molecule has 0 N–H and O–H groups in total. The Kier molecular flexibility index (Phi) is 2.62. The summed E-state index contributed by atoms with van der Waals surface area (Å²) in [4.78, 5) is 11.7. The van der Waals surface area contributed by atoms with Crippen molar-refractivity contribution in [1.29, 1.82) is 0 Å². The van der Waals surface area contributed by atoms with Crippen LogP contribution in [-0.4, -0.2) is 38.4 Å². The Balaban J connectivity index is 1.99. The number of hydrogen-bond donors (Lipinski definition) is 0. The van der Waals surface area contributed by atoms with Gasteiger partial charge in [0.25, 0.3) is 0 Å². The van der Waals surface area contributed by atoms with Gasteiger partial charge in [-0.1, -0.05) is 0 Å². The second-order valence-electron chi connectivity index (χ2n) is 4.00. The van der Waals surface area contributed by atoms with E-state index in [1.165, 1.54) is 0 Å². The first-order valence-electron chi connectivity index (χ1n) is 4.94. The first kappa shape index (κ1) is 10.1.